The van der Waals surface area contributed by atoms with Gasteiger partial charge in [0.15, 0.2) is 9.84 Å². The van der Waals surface area contributed by atoms with Crippen LogP contribution in [0, 0.1) is 5.92 Å². The first-order valence-corrected chi connectivity index (χ1v) is 11.1. The molecule has 1 aromatic carbocycles. The SMILES string of the molecule is O=C(NCc1cccnc1)Nc1ccc(S(=O)(=O)C2CCCCC2C(F)(F)F)cc1. The number of nitrogens with one attached hydrogen (secondary N) is 2. The second-order valence-electron chi connectivity index (χ2n) is 7.21. The third kappa shape index (κ3) is 5.29. The van der Waals surface area contributed by atoms with Crippen molar-refractivity contribution in [2.24, 2.45) is 5.92 Å². The van der Waals surface area contributed by atoms with Crippen molar-refractivity contribution in [3.8, 4) is 0 Å². The van der Waals surface area contributed by atoms with Crippen molar-refractivity contribution in [1.82, 2.24) is 10.3 Å². The molecule has 2 unspecified atom stereocenters. The quantitative estimate of drug-likeness (QED) is 0.724. The van der Waals surface area contributed by atoms with E-state index in [2.05, 4.69) is 15.6 Å². The fraction of sp³-hybridized carbons (Fsp3) is 0.400. The van der Waals surface area contributed by atoms with Crippen molar-refractivity contribution < 1.29 is 26.4 Å². The summed E-state index contributed by atoms with van der Waals surface area (Å²) in [4.78, 5) is 15.7. The first-order chi connectivity index (χ1) is 14.2. The number of hydrogen-bond acceptors (Lipinski definition) is 4. The predicted octanol–water partition coefficient (Wildman–Crippen LogP) is 4.30. The van der Waals surface area contributed by atoms with Gasteiger partial charge in [-0.25, -0.2) is 13.2 Å². The average molecular weight is 441 g/mol. The van der Waals surface area contributed by atoms with Crippen LogP contribution >= 0.6 is 0 Å². The Morgan fingerprint density at radius 3 is 2.43 bits per heavy atom. The molecule has 2 N–H and O–H groups in total. The number of nitrogens with zero attached hydrogens (tertiary/aromatic N) is 1. The summed E-state index contributed by atoms with van der Waals surface area (Å²) < 4.78 is 65.6. The van der Waals surface area contributed by atoms with Crippen molar-refractivity contribution in [3.05, 3.63) is 54.4 Å². The zero-order chi connectivity index (χ0) is 21.8. The summed E-state index contributed by atoms with van der Waals surface area (Å²) >= 11 is 0. The molecule has 1 heterocycles. The predicted molar refractivity (Wildman–Crippen MR) is 106 cm³/mol. The van der Waals surface area contributed by atoms with Gasteiger partial charge in [-0.2, -0.15) is 13.2 Å². The third-order valence-electron chi connectivity index (χ3n) is 5.14. The first-order valence-electron chi connectivity index (χ1n) is 9.52. The molecular weight excluding hydrogens is 419 g/mol. The zero-order valence-electron chi connectivity index (χ0n) is 16.0. The number of carbonyl (C=O) groups excluding carboxylic acids is 1. The number of rotatable bonds is 5. The Hall–Kier alpha value is -2.62. The Morgan fingerprint density at radius 1 is 1.10 bits per heavy atom. The van der Waals surface area contributed by atoms with Crippen molar-refractivity contribution in [2.45, 2.75) is 48.5 Å². The Bertz CT molecular complexity index is 964. The summed E-state index contributed by atoms with van der Waals surface area (Å²) in [7, 11) is -4.14. The molecule has 2 amide bonds. The van der Waals surface area contributed by atoms with E-state index in [1.54, 1.807) is 24.5 Å². The number of hydrogen-bond donors (Lipinski definition) is 2. The van der Waals surface area contributed by atoms with E-state index in [-0.39, 0.29) is 24.3 Å². The number of carbonyl (C=O) groups is 1. The summed E-state index contributed by atoms with van der Waals surface area (Å²) in [6.07, 6.45) is -0.692. The largest absolute Gasteiger partial charge is 0.393 e. The van der Waals surface area contributed by atoms with Gasteiger partial charge in [0.2, 0.25) is 0 Å². The summed E-state index contributed by atoms with van der Waals surface area (Å²) in [6, 6.07) is 8.22. The molecule has 0 saturated heterocycles. The first kappa shape index (κ1) is 22.1. The Balaban J connectivity index is 1.66. The van der Waals surface area contributed by atoms with Crippen LogP contribution in [0.1, 0.15) is 31.2 Å². The molecule has 1 aromatic heterocycles. The lowest BCUT2D eigenvalue weighted by molar-refractivity contribution is -0.180. The fourth-order valence-corrected chi connectivity index (χ4v) is 5.67. The van der Waals surface area contributed by atoms with E-state index < -0.39 is 33.2 Å². The standard InChI is InChI=1S/C20H22F3N3O3S/c21-20(22,23)17-5-1-2-6-18(17)30(28,29)16-9-7-15(8-10-16)26-19(27)25-13-14-4-3-11-24-12-14/h3-4,7-12,17-18H,1-2,5-6,13H2,(H2,25,26,27). The van der Waals surface area contributed by atoms with E-state index in [0.717, 1.165) is 5.56 Å². The van der Waals surface area contributed by atoms with Gasteiger partial charge in [0.05, 0.1) is 16.1 Å². The van der Waals surface area contributed by atoms with Crippen LogP contribution in [-0.4, -0.2) is 30.9 Å². The normalized spacial score (nSPS) is 19.8. The molecule has 2 aromatic rings. The maximum atomic E-state index is 13.3. The molecule has 3 rings (SSSR count). The monoisotopic (exact) mass is 441 g/mol. The highest BCUT2D eigenvalue weighted by molar-refractivity contribution is 7.92. The van der Waals surface area contributed by atoms with Crippen LogP contribution in [0.15, 0.2) is 53.7 Å². The molecule has 1 aliphatic carbocycles. The van der Waals surface area contributed by atoms with Crippen LogP contribution in [-0.2, 0) is 16.4 Å². The summed E-state index contributed by atoms with van der Waals surface area (Å²) in [5, 5.41) is 3.71. The van der Waals surface area contributed by atoms with Crippen LogP contribution in [0.25, 0.3) is 0 Å². The summed E-state index contributed by atoms with van der Waals surface area (Å²) in [5.41, 5.74) is 1.13. The number of halogens is 3. The number of urea groups is 1. The van der Waals surface area contributed by atoms with Crippen LogP contribution < -0.4 is 10.6 Å². The molecule has 6 nitrogen and oxygen atoms in total. The second-order valence-corrected chi connectivity index (χ2v) is 9.38. The smallest absolute Gasteiger partial charge is 0.334 e. The van der Waals surface area contributed by atoms with E-state index >= 15 is 0 Å². The molecule has 0 spiro atoms. The number of benzene rings is 1. The highest BCUT2D eigenvalue weighted by atomic mass is 32.2. The van der Waals surface area contributed by atoms with E-state index in [1.165, 1.54) is 24.3 Å². The van der Waals surface area contributed by atoms with E-state index in [9.17, 15) is 26.4 Å². The van der Waals surface area contributed by atoms with Gasteiger partial charge in [-0.3, -0.25) is 4.98 Å². The molecule has 1 fully saturated rings. The van der Waals surface area contributed by atoms with Crippen molar-refractivity contribution in [1.29, 1.82) is 0 Å². The molecule has 162 valence electrons. The Kier molecular flexibility index (Phi) is 6.64. The third-order valence-corrected chi connectivity index (χ3v) is 7.43. The van der Waals surface area contributed by atoms with Crippen LogP contribution in [0.2, 0.25) is 0 Å². The Morgan fingerprint density at radius 2 is 1.80 bits per heavy atom. The summed E-state index contributed by atoms with van der Waals surface area (Å²) in [6.45, 7) is 0.257. The van der Waals surface area contributed by atoms with Crippen molar-refractivity contribution in [3.63, 3.8) is 0 Å². The molecule has 10 heteroatoms. The molecule has 2 atom stereocenters. The summed E-state index contributed by atoms with van der Waals surface area (Å²) in [5.74, 6) is -1.85. The van der Waals surface area contributed by atoms with Gasteiger partial charge in [-0.1, -0.05) is 18.9 Å². The van der Waals surface area contributed by atoms with Gasteiger partial charge in [0.25, 0.3) is 0 Å². The lowest BCUT2D eigenvalue weighted by Crippen LogP contribution is -2.41. The van der Waals surface area contributed by atoms with E-state index in [4.69, 9.17) is 0 Å². The number of pyridine rings is 1. The number of aromatic nitrogens is 1. The van der Waals surface area contributed by atoms with Gasteiger partial charge < -0.3 is 10.6 Å². The van der Waals surface area contributed by atoms with Gasteiger partial charge in [0.1, 0.15) is 0 Å². The number of anilines is 1. The molecular formula is C20H22F3N3O3S. The van der Waals surface area contributed by atoms with Crippen molar-refractivity contribution in [2.75, 3.05) is 5.32 Å². The van der Waals surface area contributed by atoms with Crippen molar-refractivity contribution >= 4 is 21.6 Å². The minimum Gasteiger partial charge on any atom is -0.334 e. The average Bonchev–Trinajstić information content (AvgIpc) is 2.73. The molecule has 1 saturated carbocycles. The molecule has 0 aliphatic heterocycles. The highest BCUT2D eigenvalue weighted by Gasteiger charge is 2.50. The highest BCUT2D eigenvalue weighted by Crippen LogP contribution is 2.42. The van der Waals surface area contributed by atoms with Gasteiger partial charge in [-0.15, -0.1) is 0 Å². The molecule has 0 bridgehead atoms. The van der Waals surface area contributed by atoms with E-state index in [0.29, 0.717) is 18.5 Å². The maximum Gasteiger partial charge on any atom is 0.393 e. The number of sulfone groups is 1. The lowest BCUT2D eigenvalue weighted by atomic mass is 9.88. The molecule has 1 aliphatic rings. The van der Waals surface area contributed by atoms with Gasteiger partial charge >= 0.3 is 12.2 Å². The number of alkyl halides is 3. The van der Waals surface area contributed by atoms with E-state index in [1.807, 2.05) is 0 Å². The number of amides is 2. The minimum atomic E-state index is -4.55. The van der Waals surface area contributed by atoms with Crippen LogP contribution in [0.4, 0.5) is 23.7 Å². The fourth-order valence-electron chi connectivity index (χ4n) is 3.61. The lowest BCUT2D eigenvalue weighted by Gasteiger charge is -2.32. The maximum absolute atomic E-state index is 13.3. The zero-order valence-corrected chi connectivity index (χ0v) is 16.8. The Labute approximate surface area is 172 Å². The topological polar surface area (TPSA) is 88.2 Å². The molecule has 30 heavy (non-hydrogen) atoms. The van der Waals surface area contributed by atoms with Crippen LogP contribution in [0.5, 0.6) is 0 Å². The van der Waals surface area contributed by atoms with Gasteiger partial charge in [-0.05, 0) is 48.7 Å². The minimum absolute atomic E-state index is 0.0107. The van der Waals surface area contributed by atoms with Gasteiger partial charge in [0, 0.05) is 24.6 Å². The molecule has 0 radical (unpaired) electrons. The second kappa shape index (κ2) is 9.03. The van der Waals surface area contributed by atoms with Crippen LogP contribution in [0.3, 0.4) is 0 Å².